The van der Waals surface area contributed by atoms with Crippen LogP contribution in [-0.4, -0.2) is 10.2 Å². The van der Waals surface area contributed by atoms with E-state index in [1.165, 1.54) is 16.7 Å². The summed E-state index contributed by atoms with van der Waals surface area (Å²) in [4.78, 5) is 0. The lowest BCUT2D eigenvalue weighted by Gasteiger charge is -2.14. The van der Waals surface area contributed by atoms with Gasteiger partial charge in [0.15, 0.2) is 0 Å². The molecule has 0 radical (unpaired) electrons. The second-order valence-corrected chi connectivity index (χ2v) is 4.83. The van der Waals surface area contributed by atoms with Crippen molar-refractivity contribution in [2.45, 2.75) is 25.3 Å². The van der Waals surface area contributed by atoms with E-state index in [0.717, 1.165) is 0 Å². The molecule has 0 saturated carbocycles. The SMILES string of the molecule is C=CC(C)([SiH3])CC. The summed E-state index contributed by atoms with van der Waals surface area (Å²) in [6, 6.07) is 0. The van der Waals surface area contributed by atoms with E-state index in [2.05, 4.69) is 26.5 Å². The zero-order valence-electron chi connectivity index (χ0n) is 5.49. The molecule has 0 aliphatic rings. The van der Waals surface area contributed by atoms with Crippen LogP contribution in [0.2, 0.25) is 5.04 Å². The Morgan fingerprint density at radius 3 is 2.29 bits per heavy atom. The van der Waals surface area contributed by atoms with Crippen molar-refractivity contribution >= 4 is 10.2 Å². The molecular weight excluding hydrogens is 100 g/mol. The Morgan fingerprint density at radius 2 is 2.29 bits per heavy atom. The first-order valence-corrected chi connectivity index (χ1v) is 3.76. The lowest BCUT2D eigenvalue weighted by molar-refractivity contribution is 0.726. The van der Waals surface area contributed by atoms with Crippen LogP contribution >= 0.6 is 0 Å². The zero-order valence-corrected chi connectivity index (χ0v) is 7.49. The maximum absolute atomic E-state index is 3.74. The average Bonchev–Trinajstić information content (AvgIpc) is 1.68. The van der Waals surface area contributed by atoms with Gasteiger partial charge in [-0.25, -0.2) is 0 Å². The zero-order chi connectivity index (χ0) is 5.91. The van der Waals surface area contributed by atoms with Gasteiger partial charge in [-0.15, -0.1) is 6.58 Å². The molecule has 0 heterocycles. The molecule has 0 rings (SSSR count). The van der Waals surface area contributed by atoms with Crippen molar-refractivity contribution in [3.8, 4) is 0 Å². The van der Waals surface area contributed by atoms with Crippen LogP contribution in [0.4, 0.5) is 0 Å². The molecule has 1 heteroatoms. The molecule has 0 amide bonds. The standard InChI is InChI=1S/C6H14Si/c1-4-6(3,7)5-2/h4H,1,5H2,2-3,7H3. The van der Waals surface area contributed by atoms with Gasteiger partial charge in [-0.1, -0.05) is 26.3 Å². The minimum Gasteiger partial charge on any atom is -0.103 e. The summed E-state index contributed by atoms with van der Waals surface area (Å²) in [7, 11) is 1.23. The number of rotatable bonds is 2. The molecular formula is C6H14Si. The maximum Gasteiger partial charge on any atom is 0.0150 e. The molecule has 1 unspecified atom stereocenters. The smallest absolute Gasteiger partial charge is 0.0150 e. The van der Waals surface area contributed by atoms with E-state index in [1.807, 2.05) is 0 Å². The fourth-order valence-electron chi connectivity index (χ4n) is 0.144. The molecule has 0 aromatic carbocycles. The number of hydrogen-bond acceptors (Lipinski definition) is 0. The highest BCUT2D eigenvalue weighted by atomic mass is 28.1. The Bertz CT molecular complexity index is 64.6. The number of allylic oxidation sites excluding steroid dienone is 1. The molecule has 0 nitrogen and oxygen atoms in total. The highest BCUT2D eigenvalue weighted by Crippen LogP contribution is 2.24. The summed E-state index contributed by atoms with van der Waals surface area (Å²) in [5.41, 5.74) is 0. The Morgan fingerprint density at radius 1 is 1.86 bits per heavy atom. The van der Waals surface area contributed by atoms with E-state index in [4.69, 9.17) is 0 Å². The molecule has 1 atom stereocenters. The van der Waals surface area contributed by atoms with Crippen LogP contribution in [0.5, 0.6) is 0 Å². The van der Waals surface area contributed by atoms with Crippen LogP contribution in [0.25, 0.3) is 0 Å². The molecule has 0 fully saturated rings. The van der Waals surface area contributed by atoms with Crippen molar-refractivity contribution in [2.24, 2.45) is 0 Å². The molecule has 0 aromatic heterocycles. The average molecular weight is 114 g/mol. The minimum atomic E-state index is 0.486. The van der Waals surface area contributed by atoms with E-state index < -0.39 is 0 Å². The van der Waals surface area contributed by atoms with E-state index in [0.29, 0.717) is 5.04 Å². The Hall–Kier alpha value is -0.0431. The topological polar surface area (TPSA) is 0 Å². The van der Waals surface area contributed by atoms with Crippen LogP contribution in [-0.2, 0) is 0 Å². The molecule has 0 aliphatic heterocycles. The molecule has 7 heavy (non-hydrogen) atoms. The van der Waals surface area contributed by atoms with Gasteiger partial charge in [-0.05, 0) is 5.04 Å². The molecule has 0 spiro atoms. The van der Waals surface area contributed by atoms with Gasteiger partial charge in [0.25, 0.3) is 0 Å². The normalized spacial score (nSPS) is 18.6. The van der Waals surface area contributed by atoms with Gasteiger partial charge in [0.1, 0.15) is 0 Å². The third-order valence-corrected chi connectivity index (χ3v) is 2.58. The second kappa shape index (κ2) is 2.31. The summed E-state index contributed by atoms with van der Waals surface area (Å²) >= 11 is 0. The molecule has 0 aliphatic carbocycles. The summed E-state index contributed by atoms with van der Waals surface area (Å²) < 4.78 is 0. The predicted octanol–water partition coefficient (Wildman–Crippen LogP) is 1.13. The molecule has 0 aromatic rings. The molecule has 42 valence electrons. The molecule has 0 saturated heterocycles. The quantitative estimate of drug-likeness (QED) is 0.373. The van der Waals surface area contributed by atoms with Crippen molar-refractivity contribution in [1.82, 2.24) is 0 Å². The molecule has 0 bridgehead atoms. The van der Waals surface area contributed by atoms with E-state index in [9.17, 15) is 0 Å². The fraction of sp³-hybridized carbons (Fsp3) is 0.667. The van der Waals surface area contributed by atoms with Crippen molar-refractivity contribution in [3.05, 3.63) is 12.7 Å². The minimum absolute atomic E-state index is 0.486. The van der Waals surface area contributed by atoms with Gasteiger partial charge in [0, 0.05) is 10.2 Å². The largest absolute Gasteiger partial charge is 0.103 e. The lowest BCUT2D eigenvalue weighted by atomic mass is 10.1. The first kappa shape index (κ1) is 6.96. The van der Waals surface area contributed by atoms with Crippen molar-refractivity contribution in [3.63, 3.8) is 0 Å². The summed E-state index contributed by atoms with van der Waals surface area (Å²) in [5.74, 6) is 0. The van der Waals surface area contributed by atoms with Crippen LogP contribution in [0.3, 0.4) is 0 Å². The van der Waals surface area contributed by atoms with Gasteiger partial charge in [0.2, 0.25) is 0 Å². The van der Waals surface area contributed by atoms with Crippen molar-refractivity contribution in [2.75, 3.05) is 0 Å². The Kier molecular flexibility index (Phi) is 2.30. The Labute approximate surface area is 49.0 Å². The first-order valence-electron chi connectivity index (χ1n) is 2.76. The van der Waals surface area contributed by atoms with Gasteiger partial charge >= 0.3 is 0 Å². The van der Waals surface area contributed by atoms with E-state index >= 15 is 0 Å². The van der Waals surface area contributed by atoms with Gasteiger partial charge in [-0.2, -0.15) is 0 Å². The van der Waals surface area contributed by atoms with Crippen LogP contribution in [0.15, 0.2) is 12.7 Å². The monoisotopic (exact) mass is 114 g/mol. The third-order valence-electron chi connectivity index (χ3n) is 1.46. The van der Waals surface area contributed by atoms with E-state index in [1.54, 1.807) is 0 Å². The first-order chi connectivity index (χ1) is 3.12. The van der Waals surface area contributed by atoms with Crippen LogP contribution in [0, 0.1) is 0 Å². The third kappa shape index (κ3) is 2.63. The molecule has 0 N–H and O–H groups in total. The van der Waals surface area contributed by atoms with Gasteiger partial charge < -0.3 is 0 Å². The lowest BCUT2D eigenvalue weighted by Crippen LogP contribution is -1.99. The number of hydrogen-bond donors (Lipinski definition) is 0. The second-order valence-electron chi connectivity index (χ2n) is 2.55. The highest BCUT2D eigenvalue weighted by molar-refractivity contribution is 6.16. The highest BCUT2D eigenvalue weighted by Gasteiger charge is 2.06. The van der Waals surface area contributed by atoms with Crippen LogP contribution in [0.1, 0.15) is 20.3 Å². The van der Waals surface area contributed by atoms with Crippen molar-refractivity contribution in [1.29, 1.82) is 0 Å². The fourth-order valence-corrected chi connectivity index (χ4v) is 0.144. The van der Waals surface area contributed by atoms with Crippen molar-refractivity contribution < 1.29 is 0 Å². The van der Waals surface area contributed by atoms with Gasteiger partial charge in [-0.3, -0.25) is 0 Å². The predicted molar refractivity (Wildman–Crippen MR) is 38.8 cm³/mol. The summed E-state index contributed by atoms with van der Waals surface area (Å²) in [6.07, 6.45) is 3.29. The summed E-state index contributed by atoms with van der Waals surface area (Å²) in [5, 5.41) is 0.486. The Balaban J connectivity index is 3.58. The van der Waals surface area contributed by atoms with Gasteiger partial charge in [0.05, 0.1) is 0 Å². The maximum atomic E-state index is 3.74. The van der Waals surface area contributed by atoms with E-state index in [-0.39, 0.29) is 0 Å². The van der Waals surface area contributed by atoms with Crippen LogP contribution < -0.4 is 0 Å². The summed E-state index contributed by atoms with van der Waals surface area (Å²) in [6.45, 7) is 8.18.